The van der Waals surface area contributed by atoms with E-state index in [-0.39, 0.29) is 11.6 Å². The maximum atomic E-state index is 11.6. The number of carboxylic acid groups (broad SMARTS) is 1. The Morgan fingerprint density at radius 1 is 1.19 bits per heavy atom. The molecule has 0 fully saturated rings. The van der Waals surface area contributed by atoms with Gasteiger partial charge < -0.3 is 10.4 Å². The zero-order chi connectivity index (χ0) is 15.5. The normalized spacial score (nSPS) is 10.5. The minimum atomic E-state index is -1.04. The molecule has 0 radical (unpaired) electrons. The third-order valence-electron chi connectivity index (χ3n) is 3.22. The lowest BCUT2D eigenvalue weighted by molar-refractivity contribution is -0.121. The van der Waals surface area contributed by atoms with Crippen molar-refractivity contribution in [2.45, 2.75) is 64.8 Å². The number of aromatic carboxylic acids is 1. The molecule has 0 atom stereocenters. The maximum Gasteiger partial charge on any atom is 0.355 e. The predicted molar refractivity (Wildman–Crippen MR) is 83.5 cm³/mol. The van der Waals surface area contributed by atoms with E-state index >= 15 is 0 Å². The quantitative estimate of drug-likeness (QED) is 0.612. The number of unbranched alkanes of at least 4 members (excludes halogenated alkanes) is 6. The van der Waals surface area contributed by atoms with E-state index in [0.29, 0.717) is 18.0 Å². The zero-order valence-electron chi connectivity index (χ0n) is 12.6. The van der Waals surface area contributed by atoms with Crippen LogP contribution in [0.5, 0.6) is 0 Å². The summed E-state index contributed by atoms with van der Waals surface area (Å²) < 4.78 is 0. The second-order valence-corrected chi connectivity index (χ2v) is 6.02. The summed E-state index contributed by atoms with van der Waals surface area (Å²) in [4.78, 5) is 26.2. The highest BCUT2D eigenvalue weighted by Gasteiger charge is 2.09. The van der Waals surface area contributed by atoms with E-state index in [2.05, 4.69) is 17.2 Å². The fraction of sp³-hybridized carbons (Fsp3) is 0.667. The Bertz CT molecular complexity index is 446. The highest BCUT2D eigenvalue weighted by atomic mass is 32.1. The van der Waals surface area contributed by atoms with Gasteiger partial charge >= 0.3 is 5.97 Å². The lowest BCUT2D eigenvalue weighted by Gasteiger charge is -2.03. The fourth-order valence-corrected chi connectivity index (χ4v) is 2.70. The molecule has 0 spiro atoms. The van der Waals surface area contributed by atoms with Crippen LogP contribution >= 0.6 is 11.3 Å². The van der Waals surface area contributed by atoms with Crippen molar-refractivity contribution >= 4 is 23.2 Å². The molecule has 6 heteroatoms. The number of rotatable bonds is 11. The number of amides is 1. The number of carbonyl (C=O) groups excluding carboxylic acids is 1. The molecule has 21 heavy (non-hydrogen) atoms. The molecular formula is C15H24N2O3S. The summed E-state index contributed by atoms with van der Waals surface area (Å²) in [6.45, 7) is 2.51. The minimum absolute atomic E-state index is 0.00985. The summed E-state index contributed by atoms with van der Waals surface area (Å²) in [5.74, 6) is -1.03. The Morgan fingerprint density at radius 2 is 1.86 bits per heavy atom. The molecular weight excluding hydrogens is 288 g/mol. The van der Waals surface area contributed by atoms with E-state index in [1.807, 2.05) is 0 Å². The third kappa shape index (κ3) is 7.80. The van der Waals surface area contributed by atoms with Crippen LogP contribution in [0, 0.1) is 0 Å². The Kier molecular flexibility index (Phi) is 8.66. The first-order valence-corrected chi connectivity index (χ1v) is 8.45. The van der Waals surface area contributed by atoms with Crippen LogP contribution < -0.4 is 5.32 Å². The molecule has 0 aromatic carbocycles. The second kappa shape index (κ2) is 10.3. The van der Waals surface area contributed by atoms with Crippen LogP contribution in [-0.2, 0) is 11.3 Å². The highest BCUT2D eigenvalue weighted by molar-refractivity contribution is 7.09. The molecule has 118 valence electrons. The van der Waals surface area contributed by atoms with Crippen LogP contribution in [0.4, 0.5) is 0 Å². The Hall–Kier alpha value is -1.43. The smallest absolute Gasteiger partial charge is 0.355 e. The molecule has 0 aliphatic rings. The first-order chi connectivity index (χ1) is 10.1. The molecule has 1 heterocycles. The number of aromatic nitrogens is 1. The third-order valence-corrected chi connectivity index (χ3v) is 4.06. The molecule has 0 saturated carbocycles. The Morgan fingerprint density at radius 3 is 2.48 bits per heavy atom. The standard InChI is InChI=1S/C15H24N2O3S/c1-2-3-4-5-6-7-8-9-13(18)16-10-14-17-12(11-21-14)15(19)20/h11H,2-10H2,1H3,(H,16,18)(H,19,20). The summed E-state index contributed by atoms with van der Waals surface area (Å²) in [7, 11) is 0. The van der Waals surface area contributed by atoms with Gasteiger partial charge in [-0.3, -0.25) is 4.79 Å². The van der Waals surface area contributed by atoms with Crippen LogP contribution in [-0.4, -0.2) is 22.0 Å². The number of thiazole rings is 1. The topological polar surface area (TPSA) is 79.3 Å². The number of nitrogens with one attached hydrogen (secondary N) is 1. The molecule has 0 unspecified atom stereocenters. The number of nitrogens with zero attached hydrogens (tertiary/aromatic N) is 1. The van der Waals surface area contributed by atoms with Crippen molar-refractivity contribution in [1.82, 2.24) is 10.3 Å². The molecule has 1 rings (SSSR count). The monoisotopic (exact) mass is 312 g/mol. The van der Waals surface area contributed by atoms with Gasteiger partial charge in [0.05, 0.1) is 6.54 Å². The van der Waals surface area contributed by atoms with Crippen LogP contribution in [0.3, 0.4) is 0 Å². The van der Waals surface area contributed by atoms with Gasteiger partial charge in [-0.25, -0.2) is 9.78 Å². The van der Waals surface area contributed by atoms with Gasteiger partial charge in [-0.15, -0.1) is 11.3 Å². The van der Waals surface area contributed by atoms with E-state index in [0.717, 1.165) is 12.8 Å². The predicted octanol–water partition coefficient (Wildman–Crippen LogP) is 3.60. The van der Waals surface area contributed by atoms with Crippen LogP contribution in [0.15, 0.2) is 5.38 Å². The van der Waals surface area contributed by atoms with E-state index < -0.39 is 5.97 Å². The lowest BCUT2D eigenvalue weighted by atomic mass is 10.1. The summed E-state index contributed by atoms with van der Waals surface area (Å²) in [5.41, 5.74) is 0.0383. The number of hydrogen-bond donors (Lipinski definition) is 2. The van der Waals surface area contributed by atoms with Gasteiger partial charge in [0.25, 0.3) is 0 Å². The van der Waals surface area contributed by atoms with Gasteiger partial charge in [0.1, 0.15) is 5.01 Å². The van der Waals surface area contributed by atoms with Crippen LogP contribution in [0.1, 0.15) is 73.8 Å². The van der Waals surface area contributed by atoms with E-state index in [9.17, 15) is 9.59 Å². The first kappa shape index (κ1) is 17.6. The second-order valence-electron chi connectivity index (χ2n) is 5.08. The van der Waals surface area contributed by atoms with Crippen molar-refractivity contribution in [2.75, 3.05) is 0 Å². The van der Waals surface area contributed by atoms with Crippen molar-refractivity contribution in [1.29, 1.82) is 0 Å². The molecule has 0 saturated heterocycles. The van der Waals surface area contributed by atoms with Crippen LogP contribution in [0.2, 0.25) is 0 Å². The number of hydrogen-bond acceptors (Lipinski definition) is 4. The molecule has 5 nitrogen and oxygen atoms in total. The van der Waals surface area contributed by atoms with Gasteiger partial charge in [0.2, 0.25) is 5.91 Å². The molecule has 1 aromatic rings. The molecule has 1 amide bonds. The summed E-state index contributed by atoms with van der Waals surface area (Å²) in [6, 6.07) is 0. The average molecular weight is 312 g/mol. The molecule has 1 aromatic heterocycles. The van der Waals surface area contributed by atoms with Crippen LogP contribution in [0.25, 0.3) is 0 Å². The van der Waals surface area contributed by atoms with Gasteiger partial charge in [-0.05, 0) is 6.42 Å². The Balaban J connectivity index is 2.06. The molecule has 0 bridgehead atoms. The van der Waals surface area contributed by atoms with Gasteiger partial charge in [-0.2, -0.15) is 0 Å². The van der Waals surface area contributed by atoms with E-state index in [1.54, 1.807) is 0 Å². The van der Waals surface area contributed by atoms with Gasteiger partial charge in [-0.1, -0.05) is 45.4 Å². The number of carbonyl (C=O) groups is 2. The minimum Gasteiger partial charge on any atom is -0.476 e. The zero-order valence-corrected chi connectivity index (χ0v) is 13.4. The van der Waals surface area contributed by atoms with Crippen molar-refractivity contribution in [2.24, 2.45) is 0 Å². The SMILES string of the molecule is CCCCCCCCCC(=O)NCc1nc(C(=O)O)cs1. The first-order valence-electron chi connectivity index (χ1n) is 7.58. The van der Waals surface area contributed by atoms with Gasteiger partial charge in [0.15, 0.2) is 5.69 Å². The maximum absolute atomic E-state index is 11.6. The summed E-state index contributed by atoms with van der Waals surface area (Å²) in [6.07, 6.45) is 8.83. The molecule has 2 N–H and O–H groups in total. The van der Waals surface area contributed by atoms with Gasteiger partial charge in [0, 0.05) is 11.8 Å². The molecule has 0 aliphatic carbocycles. The summed E-state index contributed by atoms with van der Waals surface area (Å²) >= 11 is 1.25. The molecule has 0 aliphatic heterocycles. The van der Waals surface area contributed by atoms with Crippen molar-refractivity contribution in [3.8, 4) is 0 Å². The lowest BCUT2D eigenvalue weighted by Crippen LogP contribution is -2.22. The van der Waals surface area contributed by atoms with Crippen molar-refractivity contribution < 1.29 is 14.7 Å². The average Bonchev–Trinajstić information content (AvgIpc) is 2.93. The Labute approximate surface area is 129 Å². The highest BCUT2D eigenvalue weighted by Crippen LogP contribution is 2.10. The number of carboxylic acids is 1. The largest absolute Gasteiger partial charge is 0.476 e. The van der Waals surface area contributed by atoms with Crippen molar-refractivity contribution in [3.05, 3.63) is 16.1 Å². The van der Waals surface area contributed by atoms with E-state index in [4.69, 9.17) is 5.11 Å². The fourth-order valence-electron chi connectivity index (χ4n) is 2.00. The van der Waals surface area contributed by atoms with Crippen molar-refractivity contribution in [3.63, 3.8) is 0 Å². The summed E-state index contributed by atoms with van der Waals surface area (Å²) in [5, 5.41) is 13.6. The van der Waals surface area contributed by atoms with E-state index in [1.165, 1.54) is 48.8 Å².